The summed E-state index contributed by atoms with van der Waals surface area (Å²) >= 11 is 0. The number of nitrogens with zero attached hydrogens (tertiary/aromatic N) is 2. The van der Waals surface area contributed by atoms with E-state index in [-0.39, 0.29) is 29.8 Å². The summed E-state index contributed by atoms with van der Waals surface area (Å²) in [6, 6.07) is 4.53. The summed E-state index contributed by atoms with van der Waals surface area (Å²) in [6.45, 7) is 3.52. The van der Waals surface area contributed by atoms with Crippen LogP contribution < -0.4 is 0 Å². The average Bonchev–Trinajstić information content (AvgIpc) is 2.31. The number of nitriles is 1. The standard InChI is InChI=1S/C12H12N2O4/c1-3-18-12(15)6-10-8(2)4-9(7-13)5-11(10)14(16)17/h4-5H,3,6H2,1-2H3. The number of hydrogen-bond donors (Lipinski definition) is 0. The second-order valence-corrected chi connectivity index (χ2v) is 3.64. The zero-order chi connectivity index (χ0) is 13.7. The van der Waals surface area contributed by atoms with Crippen LogP contribution in [0.2, 0.25) is 0 Å². The predicted molar refractivity (Wildman–Crippen MR) is 62.9 cm³/mol. The van der Waals surface area contributed by atoms with Crippen molar-refractivity contribution in [3.8, 4) is 6.07 Å². The first kappa shape index (κ1) is 13.6. The highest BCUT2D eigenvalue weighted by Gasteiger charge is 2.20. The minimum absolute atomic E-state index is 0.165. The van der Waals surface area contributed by atoms with Gasteiger partial charge in [-0.2, -0.15) is 5.26 Å². The van der Waals surface area contributed by atoms with Gasteiger partial charge in [0.05, 0.1) is 29.6 Å². The highest BCUT2D eigenvalue weighted by Crippen LogP contribution is 2.25. The SMILES string of the molecule is CCOC(=O)Cc1c(C)cc(C#N)cc1[N+](=O)[O-]. The molecule has 6 nitrogen and oxygen atoms in total. The van der Waals surface area contributed by atoms with E-state index < -0.39 is 10.9 Å². The molecule has 0 N–H and O–H groups in total. The molecule has 0 heterocycles. The Bertz CT molecular complexity index is 532. The van der Waals surface area contributed by atoms with Gasteiger partial charge < -0.3 is 4.74 Å². The van der Waals surface area contributed by atoms with E-state index in [4.69, 9.17) is 10.00 Å². The van der Waals surface area contributed by atoms with Gasteiger partial charge in [0.25, 0.3) is 5.69 Å². The maximum absolute atomic E-state index is 11.4. The quantitative estimate of drug-likeness (QED) is 0.460. The molecule has 0 aliphatic carbocycles. The molecule has 0 spiro atoms. The molecule has 18 heavy (non-hydrogen) atoms. The van der Waals surface area contributed by atoms with Crippen molar-refractivity contribution >= 4 is 11.7 Å². The van der Waals surface area contributed by atoms with Crippen molar-refractivity contribution in [2.75, 3.05) is 6.61 Å². The molecule has 0 atom stereocenters. The highest BCUT2D eigenvalue weighted by molar-refractivity contribution is 5.75. The van der Waals surface area contributed by atoms with Crippen LogP contribution in [0.5, 0.6) is 0 Å². The second kappa shape index (κ2) is 5.77. The van der Waals surface area contributed by atoms with Crippen molar-refractivity contribution in [3.63, 3.8) is 0 Å². The Kier molecular flexibility index (Phi) is 4.38. The molecule has 1 aromatic carbocycles. The van der Waals surface area contributed by atoms with Crippen molar-refractivity contribution in [1.82, 2.24) is 0 Å². The van der Waals surface area contributed by atoms with E-state index in [0.29, 0.717) is 5.56 Å². The van der Waals surface area contributed by atoms with Gasteiger partial charge in [-0.3, -0.25) is 14.9 Å². The molecular weight excluding hydrogens is 236 g/mol. The third kappa shape index (κ3) is 3.04. The number of esters is 1. The molecule has 1 aromatic rings. The van der Waals surface area contributed by atoms with Crippen LogP contribution in [-0.4, -0.2) is 17.5 Å². The number of hydrogen-bond acceptors (Lipinski definition) is 5. The van der Waals surface area contributed by atoms with E-state index >= 15 is 0 Å². The van der Waals surface area contributed by atoms with E-state index in [0.717, 1.165) is 0 Å². The van der Waals surface area contributed by atoms with Gasteiger partial charge in [-0.1, -0.05) is 0 Å². The topological polar surface area (TPSA) is 93.2 Å². The lowest BCUT2D eigenvalue weighted by Crippen LogP contribution is -2.10. The molecule has 1 rings (SSSR count). The molecule has 0 aliphatic heterocycles. The van der Waals surface area contributed by atoms with Crippen LogP contribution in [0.3, 0.4) is 0 Å². The number of benzene rings is 1. The first-order chi connectivity index (χ1) is 8.49. The summed E-state index contributed by atoms with van der Waals surface area (Å²) in [5.41, 5.74) is 0.803. The summed E-state index contributed by atoms with van der Waals surface area (Å²) in [7, 11) is 0. The average molecular weight is 248 g/mol. The normalized spacial score (nSPS) is 9.61. The molecule has 0 amide bonds. The number of nitro benzene ring substituents is 1. The Hall–Kier alpha value is -2.42. The fourth-order valence-corrected chi connectivity index (χ4v) is 1.61. The zero-order valence-electron chi connectivity index (χ0n) is 10.1. The fourth-order valence-electron chi connectivity index (χ4n) is 1.61. The van der Waals surface area contributed by atoms with Crippen LogP contribution >= 0.6 is 0 Å². The molecule has 0 radical (unpaired) electrons. The molecule has 0 saturated heterocycles. The summed E-state index contributed by atoms with van der Waals surface area (Å²) in [6.07, 6.45) is -0.165. The molecular formula is C12H12N2O4. The van der Waals surface area contributed by atoms with Crippen LogP contribution in [0, 0.1) is 28.4 Å². The molecule has 0 saturated carbocycles. The van der Waals surface area contributed by atoms with Crippen molar-refractivity contribution in [3.05, 3.63) is 38.9 Å². The number of carbonyl (C=O) groups excluding carboxylic acids is 1. The van der Waals surface area contributed by atoms with E-state index in [1.54, 1.807) is 13.8 Å². The van der Waals surface area contributed by atoms with Gasteiger partial charge in [0.15, 0.2) is 0 Å². The number of rotatable bonds is 4. The van der Waals surface area contributed by atoms with Crippen molar-refractivity contribution < 1.29 is 14.5 Å². The van der Waals surface area contributed by atoms with Gasteiger partial charge >= 0.3 is 5.97 Å². The molecule has 6 heteroatoms. The minimum atomic E-state index is -0.595. The number of aryl methyl sites for hydroxylation is 1. The third-order valence-electron chi connectivity index (χ3n) is 2.40. The first-order valence-electron chi connectivity index (χ1n) is 5.33. The van der Waals surface area contributed by atoms with Gasteiger partial charge in [0, 0.05) is 11.6 Å². The van der Waals surface area contributed by atoms with Crippen LogP contribution in [0.1, 0.15) is 23.6 Å². The van der Waals surface area contributed by atoms with Gasteiger partial charge in [-0.05, 0) is 25.5 Å². The van der Waals surface area contributed by atoms with E-state index in [1.807, 2.05) is 6.07 Å². The third-order valence-corrected chi connectivity index (χ3v) is 2.40. The lowest BCUT2D eigenvalue weighted by atomic mass is 10.0. The van der Waals surface area contributed by atoms with E-state index in [2.05, 4.69) is 0 Å². The molecule has 0 aromatic heterocycles. The summed E-state index contributed by atoms with van der Waals surface area (Å²) in [4.78, 5) is 21.7. The molecule has 0 aliphatic rings. The lowest BCUT2D eigenvalue weighted by Gasteiger charge is -2.07. The van der Waals surface area contributed by atoms with E-state index in [1.165, 1.54) is 12.1 Å². The Labute approximate surface area is 104 Å². The highest BCUT2D eigenvalue weighted by atomic mass is 16.6. The Morgan fingerprint density at radius 1 is 1.56 bits per heavy atom. The number of ether oxygens (including phenoxy) is 1. The van der Waals surface area contributed by atoms with Crippen molar-refractivity contribution in [2.24, 2.45) is 0 Å². The van der Waals surface area contributed by atoms with Crippen LogP contribution in [-0.2, 0) is 16.0 Å². The van der Waals surface area contributed by atoms with Crippen molar-refractivity contribution in [1.29, 1.82) is 5.26 Å². The Morgan fingerprint density at radius 2 is 2.22 bits per heavy atom. The van der Waals surface area contributed by atoms with Crippen LogP contribution in [0.4, 0.5) is 5.69 Å². The van der Waals surface area contributed by atoms with Gasteiger partial charge in [-0.25, -0.2) is 0 Å². The second-order valence-electron chi connectivity index (χ2n) is 3.64. The van der Waals surface area contributed by atoms with Crippen molar-refractivity contribution in [2.45, 2.75) is 20.3 Å². The molecule has 0 fully saturated rings. The molecule has 94 valence electrons. The molecule has 0 bridgehead atoms. The molecule has 0 unspecified atom stereocenters. The van der Waals surface area contributed by atoms with E-state index in [9.17, 15) is 14.9 Å². The fraction of sp³-hybridized carbons (Fsp3) is 0.333. The van der Waals surface area contributed by atoms with Crippen LogP contribution in [0.15, 0.2) is 12.1 Å². The number of nitro groups is 1. The largest absolute Gasteiger partial charge is 0.466 e. The predicted octanol–water partition coefficient (Wildman–Crippen LogP) is 1.88. The summed E-state index contributed by atoms with van der Waals surface area (Å²) < 4.78 is 4.77. The first-order valence-corrected chi connectivity index (χ1v) is 5.33. The Balaban J connectivity index is 3.21. The summed E-state index contributed by atoms with van der Waals surface area (Å²) in [5.74, 6) is -0.520. The number of carbonyl (C=O) groups is 1. The van der Waals surface area contributed by atoms with Gasteiger partial charge in [0.1, 0.15) is 0 Å². The summed E-state index contributed by atoms with van der Waals surface area (Å²) in [5, 5.41) is 19.7. The Morgan fingerprint density at radius 3 is 2.72 bits per heavy atom. The maximum Gasteiger partial charge on any atom is 0.310 e. The lowest BCUT2D eigenvalue weighted by molar-refractivity contribution is -0.385. The zero-order valence-corrected chi connectivity index (χ0v) is 10.1. The van der Waals surface area contributed by atoms with Gasteiger partial charge in [-0.15, -0.1) is 0 Å². The minimum Gasteiger partial charge on any atom is -0.466 e. The monoisotopic (exact) mass is 248 g/mol. The maximum atomic E-state index is 11.4. The van der Waals surface area contributed by atoms with Crippen LogP contribution in [0.25, 0.3) is 0 Å². The smallest absolute Gasteiger partial charge is 0.310 e. The van der Waals surface area contributed by atoms with Gasteiger partial charge in [0.2, 0.25) is 0 Å².